The van der Waals surface area contributed by atoms with Gasteiger partial charge < -0.3 is 29.9 Å². The first kappa shape index (κ1) is 31.9. The fourth-order valence-corrected chi connectivity index (χ4v) is 4.45. The summed E-state index contributed by atoms with van der Waals surface area (Å²) >= 11 is 0. The van der Waals surface area contributed by atoms with E-state index in [-0.39, 0.29) is 32.2 Å². The lowest BCUT2D eigenvalue weighted by molar-refractivity contribution is -0.153. The van der Waals surface area contributed by atoms with E-state index >= 15 is 0 Å². The zero-order valence-electron chi connectivity index (χ0n) is 20.7. The number of carbonyl (C=O) groups excluding carboxylic acids is 2. The zero-order valence-corrected chi connectivity index (χ0v) is 21.6. The number of aliphatic carboxylic acids is 3. The molecule has 4 atom stereocenters. The number of carbonyl (C=O) groups is 5. The number of hydrogen-bond acceptors (Lipinski definition) is 9. The van der Waals surface area contributed by atoms with Gasteiger partial charge in [0, 0.05) is 42.9 Å². The maximum atomic E-state index is 13.0. The molecule has 2 amide bonds. The Morgan fingerprint density at radius 2 is 1.70 bits per heavy atom. The van der Waals surface area contributed by atoms with E-state index in [4.69, 9.17) is 20.8 Å². The third kappa shape index (κ3) is 10.8. The molecule has 1 heterocycles. The van der Waals surface area contributed by atoms with Crippen LogP contribution in [0.25, 0.3) is 0 Å². The van der Waals surface area contributed by atoms with Crippen LogP contribution in [0.1, 0.15) is 27.2 Å². The molecular formula is C22H32N3O11P. The van der Waals surface area contributed by atoms with Gasteiger partial charge in [0.2, 0.25) is 0 Å². The van der Waals surface area contributed by atoms with Gasteiger partial charge in [0.05, 0.1) is 19.6 Å². The first-order chi connectivity index (χ1) is 17.1. The minimum atomic E-state index is -4.12. The number of nitrogens with zero attached hydrogens (tertiary/aromatic N) is 1. The first-order valence-electron chi connectivity index (χ1n) is 11.1. The summed E-state index contributed by atoms with van der Waals surface area (Å²) in [4.78, 5) is 58.0. The van der Waals surface area contributed by atoms with Gasteiger partial charge in [-0.15, -0.1) is 6.42 Å². The topological polar surface area (TPSA) is 209 Å². The molecule has 0 aromatic rings. The molecule has 5 N–H and O–H groups in total. The Kier molecular flexibility index (Phi) is 12.1. The second-order valence-electron chi connectivity index (χ2n) is 9.25. The summed E-state index contributed by atoms with van der Waals surface area (Å²) in [6.45, 7) is 4.30. The number of amides is 2. The quantitative estimate of drug-likeness (QED) is 0.0870. The van der Waals surface area contributed by atoms with Gasteiger partial charge in [-0.25, -0.2) is 9.88 Å². The maximum absolute atomic E-state index is 13.0. The lowest BCUT2D eigenvalue weighted by atomic mass is 9.96. The molecule has 0 aliphatic carbocycles. The van der Waals surface area contributed by atoms with Crippen molar-refractivity contribution in [1.29, 1.82) is 0 Å². The summed E-state index contributed by atoms with van der Waals surface area (Å²) in [5, 5.41) is 32.5. The van der Waals surface area contributed by atoms with Crippen molar-refractivity contribution in [1.82, 2.24) is 15.3 Å². The van der Waals surface area contributed by atoms with Crippen LogP contribution in [0.3, 0.4) is 0 Å². The van der Waals surface area contributed by atoms with E-state index < -0.39 is 67.8 Å². The highest BCUT2D eigenvalue weighted by Gasteiger charge is 2.36. The van der Waals surface area contributed by atoms with Gasteiger partial charge >= 0.3 is 25.4 Å². The van der Waals surface area contributed by atoms with Crippen molar-refractivity contribution in [2.75, 3.05) is 32.9 Å². The summed E-state index contributed by atoms with van der Waals surface area (Å²) in [5.41, 5.74) is 1.21. The fourth-order valence-electron chi connectivity index (χ4n) is 3.08. The molecule has 1 aliphatic heterocycles. The number of terminal acetylenes is 1. The predicted octanol–water partition coefficient (Wildman–Crippen LogP) is -0.0490. The van der Waals surface area contributed by atoms with Gasteiger partial charge in [-0.1, -0.05) is 20.8 Å². The normalized spacial score (nSPS) is 17.6. The zero-order chi connectivity index (χ0) is 28.4. The number of carboxylic acids is 3. The molecule has 0 saturated carbocycles. The number of ether oxygens (including phenoxy) is 1. The summed E-state index contributed by atoms with van der Waals surface area (Å²) in [5.74, 6) is -5.77. The van der Waals surface area contributed by atoms with Crippen LogP contribution in [-0.2, 0) is 37.8 Å². The van der Waals surface area contributed by atoms with E-state index in [2.05, 4.69) is 10.4 Å². The van der Waals surface area contributed by atoms with Crippen LogP contribution in [0.15, 0.2) is 12.2 Å². The van der Waals surface area contributed by atoms with Gasteiger partial charge in [0.15, 0.2) is 0 Å². The van der Waals surface area contributed by atoms with Gasteiger partial charge in [-0.05, 0) is 5.92 Å². The predicted molar refractivity (Wildman–Crippen MR) is 128 cm³/mol. The second-order valence-corrected chi connectivity index (χ2v) is 11.1. The van der Waals surface area contributed by atoms with Crippen molar-refractivity contribution in [3.63, 3.8) is 0 Å². The molecule has 0 spiro atoms. The number of rotatable bonds is 18. The lowest BCUT2D eigenvalue weighted by Gasteiger charge is -2.28. The van der Waals surface area contributed by atoms with Gasteiger partial charge in [0.1, 0.15) is 12.1 Å². The van der Waals surface area contributed by atoms with Crippen molar-refractivity contribution in [2.45, 2.75) is 39.3 Å². The van der Waals surface area contributed by atoms with Gasteiger partial charge in [0.25, 0.3) is 11.8 Å². The molecule has 15 heteroatoms. The van der Waals surface area contributed by atoms with Crippen LogP contribution in [0.5, 0.6) is 0 Å². The molecule has 0 radical (unpaired) electrons. The fraction of sp³-hybridized carbons (Fsp3) is 0.591. The summed E-state index contributed by atoms with van der Waals surface area (Å²) < 4.78 is 23.9. The first-order valence-corrected chi connectivity index (χ1v) is 12.7. The van der Waals surface area contributed by atoms with Crippen molar-refractivity contribution < 1.29 is 53.1 Å². The Labute approximate surface area is 213 Å². The molecular weight excluding hydrogens is 513 g/mol. The highest BCUT2D eigenvalue weighted by atomic mass is 31.2. The summed E-state index contributed by atoms with van der Waals surface area (Å²) in [6, 6.07) is -3.17. The van der Waals surface area contributed by atoms with E-state index in [1.807, 2.05) is 5.66 Å². The van der Waals surface area contributed by atoms with E-state index in [1.54, 1.807) is 20.8 Å². The molecule has 37 heavy (non-hydrogen) atoms. The standard InChI is InChI=1S/C22H32N3O11P/c1-5-37(34,36-13-22(3,4)12-35-11-14(2)8-19(28)29)24-15(20(30)31)9-23-10-16(21(32)33)25-17(26)6-7-18(25)27/h1,6-7,14-16,23H,8-13H2,2-4H3,(H,24,34)(H,28,29)(H,30,31)(H,32,33). The van der Waals surface area contributed by atoms with Gasteiger partial charge in [-0.3, -0.25) is 28.6 Å². The maximum Gasteiger partial charge on any atom is 0.343 e. The highest BCUT2D eigenvalue weighted by molar-refractivity contribution is 7.62. The molecule has 0 aromatic carbocycles. The minimum absolute atomic E-state index is 0.0630. The Balaban J connectivity index is 2.68. The Hall–Kier alpha value is -3.08. The van der Waals surface area contributed by atoms with E-state index in [0.29, 0.717) is 4.90 Å². The molecule has 0 fully saturated rings. The third-order valence-corrected chi connectivity index (χ3v) is 6.46. The molecule has 1 aliphatic rings. The molecule has 4 unspecified atom stereocenters. The minimum Gasteiger partial charge on any atom is -0.481 e. The van der Waals surface area contributed by atoms with Gasteiger partial charge in [-0.2, -0.15) is 0 Å². The second kappa shape index (κ2) is 14.0. The molecule has 1 rings (SSSR count). The number of imide groups is 1. The van der Waals surface area contributed by atoms with Crippen molar-refractivity contribution in [3.8, 4) is 12.1 Å². The van der Waals surface area contributed by atoms with Crippen molar-refractivity contribution in [3.05, 3.63) is 12.2 Å². The number of carboxylic acid groups (broad SMARTS) is 3. The Morgan fingerprint density at radius 3 is 2.19 bits per heavy atom. The van der Waals surface area contributed by atoms with E-state index in [1.165, 1.54) is 0 Å². The monoisotopic (exact) mass is 545 g/mol. The Morgan fingerprint density at radius 1 is 1.11 bits per heavy atom. The molecule has 14 nitrogen and oxygen atoms in total. The lowest BCUT2D eigenvalue weighted by Crippen LogP contribution is -2.52. The molecule has 0 bridgehead atoms. The van der Waals surface area contributed by atoms with E-state index in [9.17, 15) is 38.8 Å². The van der Waals surface area contributed by atoms with Crippen LogP contribution in [0.2, 0.25) is 0 Å². The van der Waals surface area contributed by atoms with Crippen LogP contribution < -0.4 is 10.4 Å². The molecule has 206 valence electrons. The largest absolute Gasteiger partial charge is 0.481 e. The van der Waals surface area contributed by atoms with Crippen LogP contribution in [-0.4, -0.2) is 94.9 Å². The molecule has 0 aromatic heterocycles. The number of hydrogen-bond donors (Lipinski definition) is 5. The Bertz CT molecular complexity index is 986. The van der Waals surface area contributed by atoms with Crippen molar-refractivity contribution in [2.24, 2.45) is 11.3 Å². The van der Waals surface area contributed by atoms with Crippen LogP contribution >= 0.6 is 7.52 Å². The molecule has 0 saturated heterocycles. The smallest absolute Gasteiger partial charge is 0.343 e. The van der Waals surface area contributed by atoms with Crippen LogP contribution in [0.4, 0.5) is 0 Å². The van der Waals surface area contributed by atoms with Crippen LogP contribution in [0, 0.1) is 23.4 Å². The van der Waals surface area contributed by atoms with E-state index in [0.717, 1.165) is 12.2 Å². The SMILES string of the molecule is C#CP(=O)(NC(CNCC(C(=O)O)N1C(=O)C=CC1=O)C(=O)O)OCC(C)(C)COCC(C)CC(=O)O. The average Bonchev–Trinajstić information content (AvgIpc) is 3.11. The summed E-state index contributed by atoms with van der Waals surface area (Å²) in [7, 11) is -4.12. The third-order valence-electron chi connectivity index (χ3n) is 4.98. The van der Waals surface area contributed by atoms with Crippen molar-refractivity contribution >= 4 is 37.2 Å². The highest BCUT2D eigenvalue weighted by Crippen LogP contribution is 2.43. The average molecular weight is 545 g/mol. The number of nitrogens with one attached hydrogen (secondary N) is 2. The summed E-state index contributed by atoms with van der Waals surface area (Å²) in [6.07, 6.45) is 7.11.